The van der Waals surface area contributed by atoms with Crippen molar-refractivity contribution >= 4 is 23.0 Å². The maximum Gasteiger partial charge on any atom is 0.310 e. The number of carbonyl (C=O) groups excluding carboxylic acids is 1. The number of hydrogen-bond acceptors (Lipinski definition) is 6. The first-order chi connectivity index (χ1) is 13.6. The van der Waals surface area contributed by atoms with Crippen LogP contribution in [0, 0.1) is 10.1 Å². The average molecular weight is 384 g/mol. The molecule has 148 valence electrons. The zero-order chi connectivity index (χ0) is 19.9. The smallest absolute Gasteiger partial charge is 0.310 e. The van der Waals surface area contributed by atoms with Gasteiger partial charge < -0.3 is 19.9 Å². The first kappa shape index (κ1) is 19.6. The number of carbonyl (C=O) groups is 1. The largest absolute Gasteiger partial charge is 0.477 e. The van der Waals surface area contributed by atoms with Gasteiger partial charge in [-0.25, -0.2) is 0 Å². The SMILES string of the molecule is CCN1CCN(c2ccc(NC(=O)COc3ccccc3[N+](=O)[O-])cc2)CC1. The first-order valence-corrected chi connectivity index (χ1v) is 9.30. The summed E-state index contributed by atoms with van der Waals surface area (Å²) in [6, 6.07) is 13.7. The third kappa shape index (κ3) is 4.98. The summed E-state index contributed by atoms with van der Waals surface area (Å²) in [5.74, 6) is -0.299. The Morgan fingerprint density at radius 2 is 1.79 bits per heavy atom. The molecule has 0 atom stereocenters. The van der Waals surface area contributed by atoms with Gasteiger partial charge in [0.25, 0.3) is 5.91 Å². The Hall–Kier alpha value is -3.13. The maximum atomic E-state index is 12.1. The quantitative estimate of drug-likeness (QED) is 0.583. The van der Waals surface area contributed by atoms with E-state index in [4.69, 9.17) is 4.74 Å². The van der Waals surface area contributed by atoms with Gasteiger partial charge >= 0.3 is 5.69 Å². The second kappa shape index (κ2) is 9.18. The molecule has 2 aromatic rings. The Kier molecular flexibility index (Phi) is 6.44. The van der Waals surface area contributed by atoms with E-state index in [1.807, 2.05) is 24.3 Å². The van der Waals surface area contributed by atoms with E-state index in [0.29, 0.717) is 5.69 Å². The summed E-state index contributed by atoms with van der Waals surface area (Å²) in [5, 5.41) is 13.7. The molecule has 0 radical (unpaired) electrons. The summed E-state index contributed by atoms with van der Waals surface area (Å²) in [6.45, 7) is 7.04. The standard InChI is InChI=1S/C20H24N4O4/c1-2-22-11-13-23(14-12-22)17-9-7-16(8-10-17)21-20(25)15-28-19-6-4-3-5-18(19)24(26)27/h3-10H,2,11-15H2,1H3,(H,21,25). The van der Waals surface area contributed by atoms with Crippen molar-refractivity contribution in [1.82, 2.24) is 4.90 Å². The van der Waals surface area contributed by atoms with Crippen LogP contribution >= 0.6 is 0 Å². The van der Waals surface area contributed by atoms with Gasteiger partial charge in [0.2, 0.25) is 0 Å². The molecular weight excluding hydrogens is 360 g/mol. The summed E-state index contributed by atoms with van der Waals surface area (Å²) >= 11 is 0. The highest BCUT2D eigenvalue weighted by Gasteiger charge is 2.17. The normalized spacial score (nSPS) is 14.5. The van der Waals surface area contributed by atoms with Crippen LogP contribution in [-0.4, -0.2) is 55.1 Å². The van der Waals surface area contributed by atoms with Gasteiger partial charge in [0.15, 0.2) is 12.4 Å². The molecule has 0 bridgehead atoms. The Morgan fingerprint density at radius 3 is 2.43 bits per heavy atom. The Morgan fingerprint density at radius 1 is 1.11 bits per heavy atom. The molecule has 0 unspecified atom stereocenters. The number of piperazine rings is 1. The molecule has 1 heterocycles. The molecule has 0 saturated carbocycles. The molecule has 1 N–H and O–H groups in total. The molecule has 3 rings (SSSR count). The lowest BCUT2D eigenvalue weighted by atomic mass is 10.2. The highest BCUT2D eigenvalue weighted by molar-refractivity contribution is 5.92. The zero-order valence-electron chi connectivity index (χ0n) is 15.8. The summed E-state index contributed by atoms with van der Waals surface area (Å²) in [4.78, 5) is 27.3. The number of para-hydroxylation sites is 2. The summed E-state index contributed by atoms with van der Waals surface area (Å²) in [5.41, 5.74) is 1.62. The van der Waals surface area contributed by atoms with Gasteiger partial charge in [0.1, 0.15) is 0 Å². The van der Waals surface area contributed by atoms with Crippen LogP contribution < -0.4 is 15.0 Å². The predicted molar refractivity (Wildman–Crippen MR) is 108 cm³/mol. The van der Waals surface area contributed by atoms with Crippen molar-refractivity contribution in [1.29, 1.82) is 0 Å². The molecule has 28 heavy (non-hydrogen) atoms. The molecule has 1 fully saturated rings. The Labute approximate surface area is 163 Å². The van der Waals surface area contributed by atoms with Crippen LogP contribution in [0.15, 0.2) is 48.5 Å². The molecule has 1 amide bonds. The van der Waals surface area contributed by atoms with Gasteiger partial charge in [-0.15, -0.1) is 0 Å². The number of hydrogen-bond donors (Lipinski definition) is 1. The van der Waals surface area contributed by atoms with Gasteiger partial charge in [0.05, 0.1) is 4.92 Å². The molecule has 1 saturated heterocycles. The zero-order valence-corrected chi connectivity index (χ0v) is 15.8. The van der Waals surface area contributed by atoms with E-state index < -0.39 is 4.92 Å². The first-order valence-electron chi connectivity index (χ1n) is 9.30. The van der Waals surface area contributed by atoms with E-state index in [0.717, 1.165) is 38.4 Å². The Balaban J connectivity index is 1.52. The minimum absolute atomic E-state index is 0.0734. The number of benzene rings is 2. The third-order valence-corrected chi connectivity index (χ3v) is 4.76. The van der Waals surface area contributed by atoms with Crippen molar-refractivity contribution in [2.75, 3.05) is 49.5 Å². The number of nitrogens with zero attached hydrogens (tertiary/aromatic N) is 3. The van der Waals surface area contributed by atoms with Crippen LogP contribution in [0.2, 0.25) is 0 Å². The molecule has 8 nitrogen and oxygen atoms in total. The van der Waals surface area contributed by atoms with E-state index >= 15 is 0 Å². The van der Waals surface area contributed by atoms with Crippen LogP contribution in [0.4, 0.5) is 17.1 Å². The van der Waals surface area contributed by atoms with Gasteiger partial charge in [-0.05, 0) is 36.9 Å². The summed E-state index contributed by atoms with van der Waals surface area (Å²) in [6.07, 6.45) is 0. The van der Waals surface area contributed by atoms with Crippen LogP contribution in [0.1, 0.15) is 6.92 Å². The molecule has 0 aromatic heterocycles. The van der Waals surface area contributed by atoms with Gasteiger partial charge in [0, 0.05) is 43.6 Å². The van der Waals surface area contributed by atoms with Gasteiger partial charge in [-0.2, -0.15) is 0 Å². The minimum atomic E-state index is -0.535. The second-order valence-electron chi connectivity index (χ2n) is 6.53. The van der Waals surface area contributed by atoms with Gasteiger partial charge in [-0.3, -0.25) is 14.9 Å². The third-order valence-electron chi connectivity index (χ3n) is 4.76. The molecule has 2 aromatic carbocycles. The maximum absolute atomic E-state index is 12.1. The van der Waals surface area contributed by atoms with Crippen LogP contribution in [0.25, 0.3) is 0 Å². The lowest BCUT2D eigenvalue weighted by Gasteiger charge is -2.35. The van der Waals surface area contributed by atoms with Crippen molar-refractivity contribution in [2.24, 2.45) is 0 Å². The number of nitrogens with one attached hydrogen (secondary N) is 1. The monoisotopic (exact) mass is 384 g/mol. The fourth-order valence-electron chi connectivity index (χ4n) is 3.15. The molecular formula is C20H24N4O4. The summed E-state index contributed by atoms with van der Waals surface area (Å²) < 4.78 is 5.31. The van der Waals surface area contributed by atoms with E-state index in [-0.39, 0.29) is 24.0 Å². The van der Waals surface area contributed by atoms with Crippen molar-refractivity contribution < 1.29 is 14.5 Å². The van der Waals surface area contributed by atoms with Crippen LogP contribution in [0.5, 0.6) is 5.75 Å². The number of rotatable bonds is 7. The van der Waals surface area contributed by atoms with Gasteiger partial charge in [-0.1, -0.05) is 19.1 Å². The number of ether oxygens (including phenoxy) is 1. The number of nitro groups is 1. The molecule has 0 aliphatic carbocycles. The second-order valence-corrected chi connectivity index (χ2v) is 6.53. The molecule has 1 aliphatic rings. The topological polar surface area (TPSA) is 88.0 Å². The van der Waals surface area contributed by atoms with E-state index in [1.54, 1.807) is 12.1 Å². The van der Waals surface area contributed by atoms with E-state index in [9.17, 15) is 14.9 Å². The molecule has 0 spiro atoms. The van der Waals surface area contributed by atoms with Crippen LogP contribution in [-0.2, 0) is 4.79 Å². The van der Waals surface area contributed by atoms with Crippen molar-refractivity contribution in [2.45, 2.75) is 6.92 Å². The molecule has 1 aliphatic heterocycles. The number of anilines is 2. The number of amides is 1. The average Bonchev–Trinajstić information content (AvgIpc) is 2.73. The number of likely N-dealkylation sites (N-methyl/N-ethyl adjacent to an activating group) is 1. The van der Waals surface area contributed by atoms with Crippen molar-refractivity contribution in [3.8, 4) is 5.75 Å². The fourth-order valence-corrected chi connectivity index (χ4v) is 3.15. The van der Waals surface area contributed by atoms with Crippen LogP contribution in [0.3, 0.4) is 0 Å². The van der Waals surface area contributed by atoms with Crippen molar-refractivity contribution in [3.63, 3.8) is 0 Å². The van der Waals surface area contributed by atoms with E-state index in [1.165, 1.54) is 12.1 Å². The fraction of sp³-hybridized carbons (Fsp3) is 0.350. The Bertz CT molecular complexity index is 817. The highest BCUT2D eigenvalue weighted by atomic mass is 16.6. The predicted octanol–water partition coefficient (Wildman–Crippen LogP) is 2.75. The van der Waals surface area contributed by atoms with E-state index in [2.05, 4.69) is 22.0 Å². The van der Waals surface area contributed by atoms with Crippen molar-refractivity contribution in [3.05, 3.63) is 58.6 Å². The minimum Gasteiger partial charge on any atom is -0.477 e. The highest BCUT2D eigenvalue weighted by Crippen LogP contribution is 2.25. The number of nitro benzene ring substituents is 1. The lowest BCUT2D eigenvalue weighted by Crippen LogP contribution is -2.46. The lowest BCUT2D eigenvalue weighted by molar-refractivity contribution is -0.385. The molecule has 8 heteroatoms. The summed E-state index contributed by atoms with van der Waals surface area (Å²) in [7, 11) is 0.